The molecule has 1 aromatic heterocycles. The van der Waals surface area contributed by atoms with Crippen LogP contribution < -0.4 is 10.1 Å². The summed E-state index contributed by atoms with van der Waals surface area (Å²) < 4.78 is 12.8. The third kappa shape index (κ3) is 5.56. The van der Waals surface area contributed by atoms with Crippen molar-refractivity contribution in [1.29, 1.82) is 0 Å². The van der Waals surface area contributed by atoms with Crippen LogP contribution in [0, 0.1) is 20.2 Å². The first-order valence-electron chi connectivity index (χ1n) is 11.3. The number of aromatic nitrogens is 1. The lowest BCUT2D eigenvalue weighted by Gasteiger charge is -2.27. The molecule has 39 heavy (non-hydrogen) atoms. The normalized spacial score (nSPS) is 15.7. The molecule has 1 aliphatic rings. The number of halogens is 1. The largest absolute Gasteiger partial charge is 0.460 e. The van der Waals surface area contributed by atoms with Gasteiger partial charge in [0.2, 0.25) is 12.1 Å². The highest BCUT2D eigenvalue weighted by molar-refractivity contribution is 8.01. The van der Waals surface area contributed by atoms with Gasteiger partial charge in [0, 0.05) is 29.6 Å². The van der Waals surface area contributed by atoms with Gasteiger partial charge in [0.05, 0.1) is 42.2 Å². The van der Waals surface area contributed by atoms with Crippen molar-refractivity contribution >= 4 is 67.8 Å². The summed E-state index contributed by atoms with van der Waals surface area (Å²) in [5, 5.41) is 26.0. The third-order valence-corrected chi connectivity index (χ3v) is 7.94. The van der Waals surface area contributed by atoms with Crippen molar-refractivity contribution in [2.24, 2.45) is 0 Å². The van der Waals surface area contributed by atoms with E-state index in [1.165, 1.54) is 29.7 Å². The van der Waals surface area contributed by atoms with E-state index in [2.05, 4.69) is 10.3 Å². The molecule has 5 rings (SSSR count). The zero-order valence-electron chi connectivity index (χ0n) is 20.0. The van der Waals surface area contributed by atoms with Crippen LogP contribution >= 0.6 is 34.7 Å². The van der Waals surface area contributed by atoms with E-state index in [1.807, 2.05) is 6.07 Å². The van der Waals surface area contributed by atoms with Gasteiger partial charge in [0.25, 0.3) is 11.4 Å². The number of thiazole rings is 1. The van der Waals surface area contributed by atoms with Crippen LogP contribution in [-0.2, 0) is 4.74 Å². The Balaban J connectivity index is 1.39. The monoisotopic (exact) mass is 584 g/mol. The summed E-state index contributed by atoms with van der Waals surface area (Å²) in [6.07, 6.45) is 0.640. The van der Waals surface area contributed by atoms with Gasteiger partial charge in [-0.15, -0.1) is 11.3 Å². The molecule has 4 aromatic rings. The van der Waals surface area contributed by atoms with Crippen LogP contribution in [0.1, 0.15) is 17.3 Å². The molecule has 198 valence electrons. The van der Waals surface area contributed by atoms with Gasteiger partial charge in [-0.1, -0.05) is 23.4 Å². The molecule has 0 bridgehead atoms. The van der Waals surface area contributed by atoms with Crippen molar-refractivity contribution in [2.45, 2.75) is 22.4 Å². The van der Waals surface area contributed by atoms with E-state index in [-0.39, 0.29) is 27.6 Å². The number of hydrogen-bond donors (Lipinski definition) is 1. The van der Waals surface area contributed by atoms with Crippen LogP contribution in [0.5, 0.6) is 5.75 Å². The number of benzene rings is 3. The summed E-state index contributed by atoms with van der Waals surface area (Å²) in [5.74, 6) is 0.122. The molecule has 1 aliphatic heterocycles. The number of non-ortho nitro benzene ring substituents is 1. The Morgan fingerprint density at radius 2 is 1.97 bits per heavy atom. The Labute approximate surface area is 233 Å². The first-order chi connectivity index (χ1) is 18.7. The number of carbonyl (C=O) groups is 1. The molecule has 2 heterocycles. The Kier molecular flexibility index (Phi) is 7.48. The minimum atomic E-state index is -0.892. The minimum absolute atomic E-state index is 0.242. The number of rotatable bonds is 8. The summed E-state index contributed by atoms with van der Waals surface area (Å²) in [4.78, 5) is 39.1. The van der Waals surface area contributed by atoms with Gasteiger partial charge >= 0.3 is 0 Å². The molecular formula is C25H17ClN4O7S2. The number of nitro benzene ring substituents is 2. The Hall–Kier alpha value is -4.04. The second-order valence-corrected chi connectivity index (χ2v) is 10.8. The number of nitrogens with one attached hydrogen (secondary N) is 1. The van der Waals surface area contributed by atoms with E-state index in [0.717, 1.165) is 22.5 Å². The second kappa shape index (κ2) is 11.0. The molecule has 3 aromatic carbocycles. The highest BCUT2D eigenvalue weighted by atomic mass is 35.5. The number of fused-ring (bicyclic) bond motifs is 2. The number of ether oxygens (including phenoxy) is 2. The number of anilines is 1. The fourth-order valence-corrected chi connectivity index (χ4v) is 6.09. The molecule has 14 heteroatoms. The molecule has 11 nitrogen and oxygen atoms in total. The summed E-state index contributed by atoms with van der Waals surface area (Å²) in [7, 11) is 0. The molecule has 1 unspecified atom stereocenters. The molecule has 0 saturated heterocycles. The maximum atomic E-state index is 13.2. The van der Waals surface area contributed by atoms with Crippen LogP contribution in [0.25, 0.3) is 10.2 Å². The number of carbonyl (C=O) groups excluding carboxylic acids is 1. The van der Waals surface area contributed by atoms with Gasteiger partial charge < -0.3 is 14.8 Å². The second-order valence-electron chi connectivity index (χ2n) is 8.05. The van der Waals surface area contributed by atoms with E-state index in [9.17, 15) is 25.0 Å². The zero-order valence-corrected chi connectivity index (χ0v) is 22.3. The number of nitrogens with zero attached hydrogens (tertiary/aromatic N) is 3. The number of Topliss-reactive ketones (excluding diaryl/α,β-unsaturated/α-hetero) is 1. The van der Waals surface area contributed by atoms with Crippen LogP contribution in [0.4, 0.5) is 17.1 Å². The van der Waals surface area contributed by atoms with Gasteiger partial charge in [-0.25, -0.2) is 4.98 Å². The van der Waals surface area contributed by atoms with Crippen molar-refractivity contribution in [2.75, 3.05) is 11.9 Å². The van der Waals surface area contributed by atoms with Crippen LogP contribution in [0.2, 0.25) is 5.02 Å². The first-order valence-corrected chi connectivity index (χ1v) is 13.3. The average molecular weight is 585 g/mol. The predicted molar refractivity (Wildman–Crippen MR) is 147 cm³/mol. The van der Waals surface area contributed by atoms with Crippen molar-refractivity contribution in [3.8, 4) is 5.75 Å². The fourth-order valence-electron chi connectivity index (χ4n) is 3.77. The molecule has 0 spiro atoms. The molecule has 0 fully saturated rings. The number of hydrogen-bond acceptors (Lipinski definition) is 11. The number of nitro groups is 2. The van der Waals surface area contributed by atoms with Crippen molar-refractivity contribution in [3.05, 3.63) is 97.2 Å². The maximum Gasteiger partial charge on any atom is 0.290 e. The van der Waals surface area contributed by atoms with Gasteiger partial charge in [-0.2, -0.15) is 0 Å². The SMILES string of the molecule is CCOC1Oc2ccc(Cl)cc2C(=O)/C1=C/Nc1ccc2nc(Sc3ccc([N+](=O)[O-])cc3[N+](=O)[O-])sc2c1. The quantitative estimate of drug-likeness (QED) is 0.132. The highest BCUT2D eigenvalue weighted by Gasteiger charge is 2.32. The van der Waals surface area contributed by atoms with E-state index in [4.69, 9.17) is 21.1 Å². The lowest BCUT2D eigenvalue weighted by molar-refractivity contribution is -0.396. The molecule has 1 atom stereocenters. The van der Waals surface area contributed by atoms with Gasteiger partial charge in [-0.05, 0) is 49.4 Å². The highest BCUT2D eigenvalue weighted by Crippen LogP contribution is 2.40. The predicted octanol–water partition coefficient (Wildman–Crippen LogP) is 6.85. The molecule has 0 amide bonds. The number of ketones is 1. The van der Waals surface area contributed by atoms with Crippen molar-refractivity contribution < 1.29 is 24.1 Å². The van der Waals surface area contributed by atoms with E-state index in [0.29, 0.717) is 38.5 Å². The summed E-state index contributed by atoms with van der Waals surface area (Å²) >= 11 is 8.43. The third-order valence-electron chi connectivity index (χ3n) is 5.56. The van der Waals surface area contributed by atoms with Gasteiger partial charge in [0.1, 0.15) is 5.75 Å². The van der Waals surface area contributed by atoms with Gasteiger partial charge in [0.15, 0.2) is 4.34 Å². The summed E-state index contributed by atoms with van der Waals surface area (Å²) in [5.41, 5.74) is 1.22. The molecule has 1 N–H and O–H groups in total. The van der Waals surface area contributed by atoms with Crippen molar-refractivity contribution in [3.63, 3.8) is 0 Å². The van der Waals surface area contributed by atoms with E-state index >= 15 is 0 Å². The van der Waals surface area contributed by atoms with Crippen LogP contribution in [-0.4, -0.2) is 33.5 Å². The summed E-state index contributed by atoms with van der Waals surface area (Å²) in [6.45, 7) is 2.13. The van der Waals surface area contributed by atoms with Crippen LogP contribution in [0.3, 0.4) is 0 Å². The van der Waals surface area contributed by atoms with Crippen molar-refractivity contribution in [1.82, 2.24) is 4.98 Å². The first kappa shape index (κ1) is 26.6. The van der Waals surface area contributed by atoms with E-state index < -0.39 is 16.1 Å². The molecule has 0 radical (unpaired) electrons. The van der Waals surface area contributed by atoms with Crippen LogP contribution in [0.15, 0.2) is 75.6 Å². The zero-order chi connectivity index (χ0) is 27.7. The minimum Gasteiger partial charge on any atom is -0.460 e. The standard InChI is InChI=1S/C25H17ClN4O7S2/c1-2-36-24-17(23(31)16-9-13(26)3-7-20(16)37-24)12-27-14-4-6-18-22(10-14)39-25(28-18)38-21-8-5-15(29(32)33)11-19(21)30(34)35/h3-12,24,27H,2H2,1H3/b17-12-. The molecule has 0 saturated carbocycles. The topological polar surface area (TPSA) is 147 Å². The van der Waals surface area contributed by atoms with Gasteiger partial charge in [-0.3, -0.25) is 25.0 Å². The lowest BCUT2D eigenvalue weighted by atomic mass is 10.00. The molecule has 0 aliphatic carbocycles. The lowest BCUT2D eigenvalue weighted by Crippen LogP contribution is -2.33. The average Bonchev–Trinajstić information content (AvgIpc) is 3.30. The summed E-state index contributed by atoms with van der Waals surface area (Å²) in [6, 6.07) is 13.7. The molecular weight excluding hydrogens is 568 g/mol. The Morgan fingerprint density at radius 3 is 2.72 bits per heavy atom. The smallest absolute Gasteiger partial charge is 0.290 e. The maximum absolute atomic E-state index is 13.2. The fraction of sp³-hybridized carbons (Fsp3) is 0.120. The Bertz CT molecular complexity index is 1670. The Morgan fingerprint density at radius 1 is 1.15 bits per heavy atom. The van der Waals surface area contributed by atoms with E-state index in [1.54, 1.807) is 37.3 Å².